The van der Waals surface area contributed by atoms with Gasteiger partial charge in [0.2, 0.25) is 5.89 Å². The second-order valence-electron chi connectivity index (χ2n) is 3.88. The number of rotatable bonds is 3. The summed E-state index contributed by atoms with van der Waals surface area (Å²) in [5.74, 6) is 1.16. The fourth-order valence-corrected chi connectivity index (χ4v) is 1.38. The molecule has 7 heteroatoms. The Kier molecular flexibility index (Phi) is 3.23. The van der Waals surface area contributed by atoms with E-state index in [0.29, 0.717) is 11.7 Å². The zero-order valence-electron chi connectivity index (χ0n) is 9.42. The molecule has 0 radical (unpaired) electrons. The number of hydrogen-bond donors (Lipinski definition) is 0. The van der Waals surface area contributed by atoms with E-state index in [-0.39, 0.29) is 23.2 Å². The second kappa shape index (κ2) is 4.67. The van der Waals surface area contributed by atoms with Gasteiger partial charge in [0.15, 0.2) is 5.82 Å². The summed E-state index contributed by atoms with van der Waals surface area (Å²) in [4.78, 5) is 19.5. The molecule has 0 aliphatic rings. The van der Waals surface area contributed by atoms with Crippen molar-refractivity contribution < 1.29 is 4.52 Å². The topological polar surface area (TPSA) is 73.8 Å². The molecule has 0 aromatic carbocycles. The monoisotopic (exact) mass is 254 g/mol. The molecule has 2 heterocycles. The van der Waals surface area contributed by atoms with Crippen LogP contribution in [0.5, 0.6) is 0 Å². The molecule has 0 amide bonds. The van der Waals surface area contributed by atoms with E-state index < -0.39 is 0 Å². The van der Waals surface area contributed by atoms with Crippen LogP contribution in [0.15, 0.2) is 21.7 Å². The van der Waals surface area contributed by atoms with Crippen LogP contribution in [0.4, 0.5) is 0 Å². The first-order chi connectivity index (χ1) is 8.06. The van der Waals surface area contributed by atoms with Gasteiger partial charge in [0.25, 0.3) is 5.56 Å². The summed E-state index contributed by atoms with van der Waals surface area (Å²) >= 11 is 5.59. The second-order valence-corrected chi connectivity index (χ2v) is 4.27. The van der Waals surface area contributed by atoms with Crippen LogP contribution in [0.1, 0.15) is 31.5 Å². The Morgan fingerprint density at radius 3 is 2.88 bits per heavy atom. The van der Waals surface area contributed by atoms with Gasteiger partial charge in [0.1, 0.15) is 5.15 Å². The number of nitrogens with zero attached hydrogens (tertiary/aromatic N) is 4. The highest BCUT2D eigenvalue weighted by molar-refractivity contribution is 6.29. The van der Waals surface area contributed by atoms with Crippen LogP contribution >= 0.6 is 11.6 Å². The van der Waals surface area contributed by atoms with E-state index in [0.717, 1.165) is 0 Å². The van der Waals surface area contributed by atoms with Crippen LogP contribution in [-0.4, -0.2) is 19.7 Å². The fraction of sp³-hybridized carbons (Fsp3) is 0.400. The Bertz CT molecular complexity index is 576. The van der Waals surface area contributed by atoms with E-state index in [1.165, 1.54) is 17.0 Å². The summed E-state index contributed by atoms with van der Waals surface area (Å²) in [7, 11) is 0. The minimum absolute atomic E-state index is 0.163. The molecule has 0 unspecified atom stereocenters. The van der Waals surface area contributed by atoms with E-state index in [1.54, 1.807) is 0 Å². The van der Waals surface area contributed by atoms with Gasteiger partial charge in [-0.15, -0.1) is 0 Å². The Balaban J connectivity index is 2.22. The van der Waals surface area contributed by atoms with Crippen molar-refractivity contribution in [1.82, 2.24) is 19.7 Å². The first-order valence-electron chi connectivity index (χ1n) is 5.10. The van der Waals surface area contributed by atoms with Gasteiger partial charge in [-0.05, 0) is 0 Å². The SMILES string of the molecule is CC(C)c1nc(Cn2cnc(Cl)cc2=O)no1. The molecular weight excluding hydrogens is 244 g/mol. The quantitative estimate of drug-likeness (QED) is 0.775. The van der Waals surface area contributed by atoms with E-state index in [4.69, 9.17) is 16.1 Å². The molecule has 0 atom stereocenters. The normalized spacial score (nSPS) is 11.1. The maximum atomic E-state index is 11.5. The average Bonchev–Trinajstić information content (AvgIpc) is 2.71. The summed E-state index contributed by atoms with van der Waals surface area (Å²) < 4.78 is 6.40. The zero-order valence-corrected chi connectivity index (χ0v) is 10.2. The molecule has 2 rings (SSSR count). The van der Waals surface area contributed by atoms with Crippen molar-refractivity contribution in [3.63, 3.8) is 0 Å². The molecule has 0 fully saturated rings. The van der Waals surface area contributed by atoms with Gasteiger partial charge in [0.05, 0.1) is 12.9 Å². The third-order valence-corrected chi connectivity index (χ3v) is 2.34. The smallest absolute Gasteiger partial charge is 0.255 e. The van der Waals surface area contributed by atoms with Crippen LogP contribution < -0.4 is 5.56 Å². The molecule has 0 bridgehead atoms. The Hall–Kier alpha value is -1.69. The van der Waals surface area contributed by atoms with Crippen LogP contribution in [0.3, 0.4) is 0 Å². The lowest BCUT2D eigenvalue weighted by Crippen LogP contribution is -2.20. The van der Waals surface area contributed by atoms with Crippen molar-refractivity contribution in [2.75, 3.05) is 0 Å². The summed E-state index contributed by atoms with van der Waals surface area (Å²) in [6, 6.07) is 1.24. The van der Waals surface area contributed by atoms with Crippen molar-refractivity contribution in [2.24, 2.45) is 0 Å². The minimum atomic E-state index is -0.249. The number of halogens is 1. The summed E-state index contributed by atoms with van der Waals surface area (Å²) in [6.45, 7) is 4.12. The van der Waals surface area contributed by atoms with Crippen molar-refractivity contribution in [3.8, 4) is 0 Å². The highest BCUT2D eigenvalue weighted by Gasteiger charge is 2.10. The third-order valence-electron chi connectivity index (χ3n) is 2.14. The van der Waals surface area contributed by atoms with Gasteiger partial charge in [-0.1, -0.05) is 30.6 Å². The number of aromatic nitrogens is 4. The van der Waals surface area contributed by atoms with E-state index >= 15 is 0 Å². The fourth-order valence-electron chi connectivity index (χ4n) is 1.24. The van der Waals surface area contributed by atoms with Crippen molar-refractivity contribution >= 4 is 11.6 Å². The lowest BCUT2D eigenvalue weighted by Gasteiger charge is -1.99. The van der Waals surface area contributed by atoms with Gasteiger partial charge in [-0.2, -0.15) is 4.98 Å². The third kappa shape index (κ3) is 2.71. The lowest BCUT2D eigenvalue weighted by molar-refractivity contribution is 0.359. The predicted molar refractivity (Wildman–Crippen MR) is 61.0 cm³/mol. The van der Waals surface area contributed by atoms with Crippen molar-refractivity contribution in [2.45, 2.75) is 26.3 Å². The summed E-state index contributed by atoms with van der Waals surface area (Å²) in [6.07, 6.45) is 1.36. The minimum Gasteiger partial charge on any atom is -0.339 e. The molecule has 0 spiro atoms. The molecule has 6 nitrogen and oxygen atoms in total. The molecule has 2 aromatic heterocycles. The summed E-state index contributed by atoms with van der Waals surface area (Å²) in [5, 5.41) is 3.96. The Morgan fingerprint density at radius 1 is 1.53 bits per heavy atom. The van der Waals surface area contributed by atoms with E-state index in [9.17, 15) is 4.79 Å². The molecule has 90 valence electrons. The molecule has 2 aromatic rings. The van der Waals surface area contributed by atoms with E-state index in [2.05, 4.69) is 15.1 Å². The molecule has 0 saturated heterocycles. The first kappa shape index (κ1) is 11.8. The lowest BCUT2D eigenvalue weighted by atomic mass is 10.2. The highest BCUT2D eigenvalue weighted by Crippen LogP contribution is 2.11. The van der Waals surface area contributed by atoms with Gasteiger partial charge in [-0.3, -0.25) is 9.36 Å². The average molecular weight is 255 g/mol. The predicted octanol–water partition coefficient (Wildman–Crippen LogP) is 1.45. The molecule has 0 aliphatic heterocycles. The van der Waals surface area contributed by atoms with Gasteiger partial charge in [-0.25, -0.2) is 4.98 Å². The van der Waals surface area contributed by atoms with Crippen LogP contribution in [0, 0.1) is 0 Å². The van der Waals surface area contributed by atoms with Crippen LogP contribution in [-0.2, 0) is 6.54 Å². The van der Waals surface area contributed by atoms with Crippen LogP contribution in [0.2, 0.25) is 5.15 Å². The molecule has 0 aliphatic carbocycles. The Labute approximate surface area is 102 Å². The van der Waals surface area contributed by atoms with Crippen molar-refractivity contribution in [1.29, 1.82) is 0 Å². The number of hydrogen-bond acceptors (Lipinski definition) is 5. The summed E-state index contributed by atoms with van der Waals surface area (Å²) in [5.41, 5.74) is -0.249. The molecule has 0 N–H and O–H groups in total. The van der Waals surface area contributed by atoms with Gasteiger partial charge < -0.3 is 4.52 Å². The molecular formula is C10H11ClN4O2. The van der Waals surface area contributed by atoms with E-state index in [1.807, 2.05) is 13.8 Å². The molecule has 0 saturated carbocycles. The largest absolute Gasteiger partial charge is 0.339 e. The highest BCUT2D eigenvalue weighted by atomic mass is 35.5. The molecule has 17 heavy (non-hydrogen) atoms. The van der Waals surface area contributed by atoms with Gasteiger partial charge >= 0.3 is 0 Å². The van der Waals surface area contributed by atoms with Crippen molar-refractivity contribution in [3.05, 3.63) is 39.6 Å². The maximum Gasteiger partial charge on any atom is 0.255 e. The van der Waals surface area contributed by atoms with Crippen LogP contribution in [0.25, 0.3) is 0 Å². The van der Waals surface area contributed by atoms with Gasteiger partial charge in [0, 0.05) is 12.0 Å². The maximum absolute atomic E-state index is 11.5. The zero-order chi connectivity index (χ0) is 12.4. The standard InChI is InChI=1S/C10H11ClN4O2/c1-6(2)10-13-8(14-17-10)4-15-5-12-7(11)3-9(15)16/h3,5-6H,4H2,1-2H3. The Morgan fingerprint density at radius 2 is 2.29 bits per heavy atom. The first-order valence-corrected chi connectivity index (χ1v) is 5.48.